The first kappa shape index (κ1) is 29.7. The molecular formula is C30H39FN8O2S. The number of anilines is 3. The minimum atomic E-state index is -0.519. The predicted octanol–water partition coefficient (Wildman–Crippen LogP) is 5.50. The van der Waals surface area contributed by atoms with Crippen LogP contribution in [0.25, 0.3) is 11.1 Å². The number of thiocarbonyl (C=S) groups is 1. The Morgan fingerprint density at radius 1 is 1.19 bits per heavy atom. The standard InChI is InChI=1S/C30H39FN8O2S/c1-19(37-11-13-38(14-12-37)29(40)41-30(2,3)4)21-9-10-33-25(15-21)36-28(42)35-24-8-7-23(26(31)27(24)32)22-16-34-39(18-22)17-20-5-6-20/h7-10,15-16,18-20H,5-6,11-14,17,32H2,1-4H3,(H2,33,35,36,42). The van der Waals surface area contributed by atoms with Gasteiger partial charge >= 0.3 is 6.09 Å². The third kappa shape index (κ3) is 7.35. The summed E-state index contributed by atoms with van der Waals surface area (Å²) >= 11 is 5.49. The SMILES string of the molecule is CC(c1ccnc(NC(=S)Nc2ccc(-c3cnn(CC4CC4)c3)c(F)c2N)c1)N1CCN(C(=O)OC(C)(C)C)CC1. The van der Waals surface area contributed by atoms with Crippen LogP contribution in [0, 0.1) is 11.7 Å². The molecule has 1 amide bonds. The average Bonchev–Trinajstić information content (AvgIpc) is 3.64. The number of benzene rings is 1. The van der Waals surface area contributed by atoms with E-state index in [-0.39, 0.29) is 22.9 Å². The fraction of sp³-hybridized carbons (Fsp3) is 0.467. The van der Waals surface area contributed by atoms with Gasteiger partial charge in [-0.1, -0.05) is 0 Å². The first-order valence-corrected chi connectivity index (χ1v) is 14.7. The molecule has 1 saturated carbocycles. The molecule has 0 bridgehead atoms. The number of nitrogens with zero attached hydrogens (tertiary/aromatic N) is 5. The lowest BCUT2D eigenvalue weighted by molar-refractivity contribution is 0.0110. The van der Waals surface area contributed by atoms with E-state index in [2.05, 4.69) is 32.5 Å². The van der Waals surface area contributed by atoms with E-state index in [1.165, 1.54) is 12.8 Å². The van der Waals surface area contributed by atoms with Crippen molar-refractivity contribution in [3.05, 3.63) is 54.2 Å². The highest BCUT2D eigenvalue weighted by Gasteiger charge is 2.28. The second-order valence-corrected chi connectivity index (χ2v) is 12.4. The molecule has 1 atom stereocenters. The van der Waals surface area contributed by atoms with E-state index < -0.39 is 11.4 Å². The number of carbonyl (C=O) groups is 1. The van der Waals surface area contributed by atoms with Crippen molar-refractivity contribution in [2.24, 2.45) is 5.92 Å². The fourth-order valence-corrected chi connectivity index (χ4v) is 5.18. The number of piperazine rings is 1. The number of halogens is 1. The first-order chi connectivity index (χ1) is 20.0. The van der Waals surface area contributed by atoms with Gasteiger partial charge < -0.3 is 26.0 Å². The van der Waals surface area contributed by atoms with Gasteiger partial charge in [-0.05, 0) is 88.5 Å². The smallest absolute Gasteiger partial charge is 0.410 e. The molecule has 42 heavy (non-hydrogen) atoms. The fourth-order valence-electron chi connectivity index (χ4n) is 4.97. The molecule has 5 rings (SSSR count). The van der Waals surface area contributed by atoms with Crippen molar-refractivity contribution < 1.29 is 13.9 Å². The summed E-state index contributed by atoms with van der Waals surface area (Å²) in [6.45, 7) is 11.3. The van der Waals surface area contributed by atoms with Crippen LogP contribution in [0.3, 0.4) is 0 Å². The quantitative estimate of drug-likeness (QED) is 0.241. The van der Waals surface area contributed by atoms with Crippen molar-refractivity contribution in [1.29, 1.82) is 0 Å². The predicted molar refractivity (Wildman–Crippen MR) is 167 cm³/mol. The Balaban J connectivity index is 1.17. The van der Waals surface area contributed by atoms with Crippen LogP contribution in [-0.2, 0) is 11.3 Å². The number of hydrogen-bond donors (Lipinski definition) is 3. The topological polar surface area (TPSA) is 114 Å². The number of nitrogen functional groups attached to an aromatic ring is 1. The van der Waals surface area contributed by atoms with Gasteiger partial charge in [0.1, 0.15) is 11.4 Å². The summed E-state index contributed by atoms with van der Waals surface area (Å²) < 4.78 is 22.6. The molecule has 3 heterocycles. The maximum Gasteiger partial charge on any atom is 0.410 e. The largest absolute Gasteiger partial charge is 0.444 e. The summed E-state index contributed by atoms with van der Waals surface area (Å²) in [6.07, 6.45) is 7.41. The lowest BCUT2D eigenvalue weighted by Gasteiger charge is -2.38. The molecule has 1 aliphatic heterocycles. The Kier molecular flexibility index (Phi) is 8.65. The van der Waals surface area contributed by atoms with E-state index >= 15 is 4.39 Å². The molecule has 1 aliphatic carbocycles. The summed E-state index contributed by atoms with van der Waals surface area (Å²) in [6, 6.07) is 7.39. The Morgan fingerprint density at radius 2 is 1.93 bits per heavy atom. The van der Waals surface area contributed by atoms with E-state index in [1.54, 1.807) is 29.4 Å². The minimum Gasteiger partial charge on any atom is -0.444 e. The normalized spacial score (nSPS) is 16.6. The lowest BCUT2D eigenvalue weighted by Crippen LogP contribution is -2.50. The van der Waals surface area contributed by atoms with E-state index in [1.807, 2.05) is 43.8 Å². The number of pyridine rings is 1. The van der Waals surface area contributed by atoms with Crippen molar-refractivity contribution in [1.82, 2.24) is 24.6 Å². The number of carbonyl (C=O) groups excluding carboxylic acids is 1. The highest BCUT2D eigenvalue weighted by atomic mass is 32.1. The van der Waals surface area contributed by atoms with Crippen LogP contribution in [0.5, 0.6) is 0 Å². The second kappa shape index (κ2) is 12.2. The van der Waals surface area contributed by atoms with Gasteiger partial charge in [-0.25, -0.2) is 14.2 Å². The van der Waals surface area contributed by atoms with Crippen molar-refractivity contribution >= 4 is 40.6 Å². The van der Waals surface area contributed by atoms with Crippen LogP contribution in [0.15, 0.2) is 42.9 Å². The van der Waals surface area contributed by atoms with Gasteiger partial charge in [0.25, 0.3) is 0 Å². The van der Waals surface area contributed by atoms with Crippen LogP contribution in [0.2, 0.25) is 0 Å². The highest BCUT2D eigenvalue weighted by molar-refractivity contribution is 7.80. The van der Waals surface area contributed by atoms with Crippen molar-refractivity contribution in [2.45, 2.75) is 58.7 Å². The van der Waals surface area contributed by atoms with Gasteiger partial charge in [0, 0.05) is 62.3 Å². The lowest BCUT2D eigenvalue weighted by atomic mass is 10.1. The maximum atomic E-state index is 15.3. The molecule has 0 spiro atoms. The summed E-state index contributed by atoms with van der Waals surface area (Å²) in [7, 11) is 0. The molecule has 224 valence electrons. The van der Waals surface area contributed by atoms with Gasteiger partial charge in [0.15, 0.2) is 10.9 Å². The van der Waals surface area contributed by atoms with E-state index in [4.69, 9.17) is 22.7 Å². The summed E-state index contributed by atoms with van der Waals surface area (Å²) in [4.78, 5) is 20.9. The zero-order valence-electron chi connectivity index (χ0n) is 24.6. The van der Waals surface area contributed by atoms with Gasteiger partial charge in [-0.3, -0.25) is 9.58 Å². The number of rotatable bonds is 7. The number of hydrogen-bond acceptors (Lipinski definition) is 7. The first-order valence-electron chi connectivity index (χ1n) is 14.3. The molecule has 12 heteroatoms. The van der Waals surface area contributed by atoms with Crippen LogP contribution in [0.1, 0.15) is 52.1 Å². The zero-order chi connectivity index (χ0) is 30.0. The summed E-state index contributed by atoms with van der Waals surface area (Å²) in [5.41, 5.74) is 8.13. The molecule has 1 saturated heterocycles. The maximum absolute atomic E-state index is 15.3. The highest BCUT2D eigenvalue weighted by Crippen LogP contribution is 2.33. The van der Waals surface area contributed by atoms with Gasteiger partial charge in [0.05, 0.1) is 17.6 Å². The van der Waals surface area contributed by atoms with Crippen LogP contribution in [0.4, 0.5) is 26.4 Å². The van der Waals surface area contributed by atoms with E-state index in [9.17, 15) is 4.79 Å². The van der Waals surface area contributed by atoms with E-state index in [0.717, 1.165) is 25.2 Å². The molecule has 1 aromatic carbocycles. The van der Waals surface area contributed by atoms with Gasteiger partial charge in [0.2, 0.25) is 0 Å². The Bertz CT molecular complexity index is 1440. The van der Waals surface area contributed by atoms with Gasteiger partial charge in [-0.2, -0.15) is 5.10 Å². The molecular weight excluding hydrogens is 555 g/mol. The Labute approximate surface area is 251 Å². The monoisotopic (exact) mass is 594 g/mol. The molecule has 2 aromatic heterocycles. The van der Waals surface area contributed by atoms with Crippen molar-refractivity contribution in [2.75, 3.05) is 42.5 Å². The van der Waals surface area contributed by atoms with Crippen LogP contribution in [-0.4, -0.2) is 67.6 Å². The third-order valence-corrected chi connectivity index (χ3v) is 7.74. The number of ether oxygens (including phenoxy) is 1. The molecule has 4 N–H and O–H groups in total. The third-order valence-electron chi connectivity index (χ3n) is 7.54. The average molecular weight is 595 g/mol. The molecule has 1 unspecified atom stereocenters. The molecule has 2 fully saturated rings. The van der Waals surface area contributed by atoms with Crippen LogP contribution >= 0.6 is 12.2 Å². The summed E-state index contributed by atoms with van der Waals surface area (Å²) in [5, 5.41) is 10.7. The molecule has 2 aliphatic rings. The minimum absolute atomic E-state index is 0.0209. The molecule has 10 nitrogen and oxygen atoms in total. The molecule has 0 radical (unpaired) electrons. The second-order valence-electron chi connectivity index (χ2n) is 12.0. The number of amides is 1. The summed E-state index contributed by atoms with van der Waals surface area (Å²) in [5.74, 6) is 0.713. The van der Waals surface area contributed by atoms with Crippen molar-refractivity contribution in [3.63, 3.8) is 0 Å². The Morgan fingerprint density at radius 3 is 2.62 bits per heavy atom. The van der Waals surface area contributed by atoms with Gasteiger partial charge in [-0.15, -0.1) is 0 Å². The molecule has 3 aromatic rings. The van der Waals surface area contributed by atoms with E-state index in [0.29, 0.717) is 41.6 Å². The number of nitrogens with one attached hydrogen (secondary N) is 2. The zero-order valence-corrected chi connectivity index (χ0v) is 25.4. The Hall–Kier alpha value is -3.77. The van der Waals surface area contributed by atoms with Crippen LogP contribution < -0.4 is 16.4 Å². The number of aromatic nitrogens is 3. The number of nitrogens with two attached hydrogens (primary N) is 1. The van der Waals surface area contributed by atoms with Crippen molar-refractivity contribution in [3.8, 4) is 11.1 Å².